The average molecular weight is 469 g/mol. The molecule has 2 saturated heterocycles. The van der Waals surface area contributed by atoms with Crippen molar-refractivity contribution in [2.75, 3.05) is 39.3 Å². The summed E-state index contributed by atoms with van der Waals surface area (Å²) in [5.41, 5.74) is 0.398. The predicted molar refractivity (Wildman–Crippen MR) is 121 cm³/mol. The third-order valence-electron chi connectivity index (χ3n) is 5.98. The Balaban J connectivity index is 1.56. The summed E-state index contributed by atoms with van der Waals surface area (Å²) in [5.74, 6) is -0.231. The third kappa shape index (κ3) is 6.11. The minimum atomic E-state index is -0.467. The molecule has 170 valence electrons. The van der Waals surface area contributed by atoms with Crippen LogP contribution in [-0.2, 0) is 9.59 Å². The van der Waals surface area contributed by atoms with E-state index < -0.39 is 6.04 Å². The smallest absolute Gasteiger partial charge is 0.254 e. The van der Waals surface area contributed by atoms with E-state index in [-0.39, 0.29) is 23.8 Å². The van der Waals surface area contributed by atoms with Gasteiger partial charge in [0.2, 0.25) is 11.8 Å². The Kier molecular flexibility index (Phi) is 8.19. The van der Waals surface area contributed by atoms with Gasteiger partial charge in [-0.3, -0.25) is 19.3 Å². The predicted octanol–water partition coefficient (Wildman–Crippen LogP) is 2.66. The van der Waals surface area contributed by atoms with E-state index in [9.17, 15) is 14.4 Å². The Morgan fingerprint density at radius 2 is 1.71 bits per heavy atom. The van der Waals surface area contributed by atoms with Crippen molar-refractivity contribution in [1.82, 2.24) is 20.0 Å². The highest BCUT2D eigenvalue weighted by Gasteiger charge is 2.38. The van der Waals surface area contributed by atoms with Crippen molar-refractivity contribution in [3.05, 3.63) is 33.8 Å². The first kappa shape index (κ1) is 23.8. The minimum absolute atomic E-state index is 0.0156. The zero-order valence-electron chi connectivity index (χ0n) is 18.1. The molecule has 3 amide bonds. The van der Waals surface area contributed by atoms with Crippen molar-refractivity contribution in [3.63, 3.8) is 0 Å². The van der Waals surface area contributed by atoms with Crippen molar-refractivity contribution in [3.8, 4) is 0 Å². The first-order chi connectivity index (χ1) is 14.8. The second kappa shape index (κ2) is 10.7. The number of carbonyl (C=O) groups is 3. The Morgan fingerprint density at radius 1 is 1.06 bits per heavy atom. The van der Waals surface area contributed by atoms with Gasteiger partial charge in [0.05, 0.1) is 6.54 Å². The normalized spacial score (nSPS) is 20.6. The van der Waals surface area contributed by atoms with Crippen molar-refractivity contribution >= 4 is 40.9 Å². The topological polar surface area (TPSA) is 73.0 Å². The van der Waals surface area contributed by atoms with Gasteiger partial charge in [-0.05, 0) is 44.4 Å². The number of likely N-dealkylation sites (tertiary alicyclic amines) is 1. The number of nitrogens with one attached hydrogen (secondary N) is 1. The molecule has 3 rings (SSSR count). The van der Waals surface area contributed by atoms with Gasteiger partial charge in [-0.2, -0.15) is 0 Å². The van der Waals surface area contributed by atoms with Crippen LogP contribution in [0.15, 0.2) is 18.2 Å². The lowest BCUT2D eigenvalue weighted by Gasteiger charge is -2.37. The van der Waals surface area contributed by atoms with E-state index in [2.05, 4.69) is 10.2 Å². The maximum Gasteiger partial charge on any atom is 0.254 e. The number of hydrogen-bond acceptors (Lipinski definition) is 4. The second-order valence-electron chi connectivity index (χ2n) is 8.29. The quantitative estimate of drug-likeness (QED) is 0.696. The van der Waals surface area contributed by atoms with Crippen LogP contribution in [0.4, 0.5) is 0 Å². The van der Waals surface area contributed by atoms with E-state index >= 15 is 0 Å². The molecule has 2 atom stereocenters. The lowest BCUT2D eigenvalue weighted by Crippen LogP contribution is -2.55. The van der Waals surface area contributed by atoms with E-state index in [0.717, 1.165) is 12.8 Å². The molecule has 31 heavy (non-hydrogen) atoms. The highest BCUT2D eigenvalue weighted by molar-refractivity contribution is 6.35. The number of piperazine rings is 1. The summed E-state index contributed by atoms with van der Waals surface area (Å²) in [6, 6.07) is 4.44. The molecule has 0 aromatic heterocycles. The third-order valence-corrected chi connectivity index (χ3v) is 6.42. The fourth-order valence-electron chi connectivity index (χ4n) is 4.07. The SMILES string of the molecule is CCC(C)NC(=O)CN1CCN(C(=O)C2CCCN2C(=O)c2cc(Cl)cc(Cl)c2)CC1. The molecule has 1 aromatic carbocycles. The Bertz CT molecular complexity index is 807. The molecule has 0 radical (unpaired) electrons. The molecular weight excluding hydrogens is 439 g/mol. The van der Waals surface area contributed by atoms with E-state index in [1.807, 2.05) is 18.7 Å². The summed E-state index contributed by atoms with van der Waals surface area (Å²) >= 11 is 12.1. The first-order valence-electron chi connectivity index (χ1n) is 10.9. The van der Waals surface area contributed by atoms with Crippen LogP contribution in [-0.4, -0.2) is 83.8 Å². The molecule has 2 fully saturated rings. The van der Waals surface area contributed by atoms with Crippen LogP contribution < -0.4 is 5.32 Å². The van der Waals surface area contributed by atoms with Crippen molar-refractivity contribution in [2.45, 2.75) is 45.2 Å². The number of carbonyl (C=O) groups excluding carboxylic acids is 3. The molecule has 9 heteroatoms. The molecular formula is C22H30Cl2N4O3. The number of rotatable bonds is 6. The molecule has 1 N–H and O–H groups in total. The van der Waals surface area contributed by atoms with Crippen LogP contribution in [0, 0.1) is 0 Å². The highest BCUT2D eigenvalue weighted by atomic mass is 35.5. The van der Waals surface area contributed by atoms with E-state index in [1.54, 1.807) is 23.1 Å². The molecule has 0 bridgehead atoms. The molecule has 1 aromatic rings. The number of hydrogen-bond donors (Lipinski definition) is 1. The molecule has 0 aliphatic carbocycles. The molecule has 0 saturated carbocycles. The number of nitrogens with zero attached hydrogens (tertiary/aromatic N) is 3. The van der Waals surface area contributed by atoms with Crippen molar-refractivity contribution < 1.29 is 14.4 Å². The Hall–Kier alpha value is -1.83. The summed E-state index contributed by atoms with van der Waals surface area (Å²) in [6.07, 6.45) is 2.33. The van der Waals surface area contributed by atoms with Gasteiger partial charge in [0.1, 0.15) is 6.04 Å². The zero-order chi connectivity index (χ0) is 22.5. The van der Waals surface area contributed by atoms with Gasteiger partial charge >= 0.3 is 0 Å². The van der Waals surface area contributed by atoms with Crippen LogP contribution in [0.5, 0.6) is 0 Å². The number of benzene rings is 1. The lowest BCUT2D eigenvalue weighted by atomic mass is 10.1. The minimum Gasteiger partial charge on any atom is -0.353 e. The number of amides is 3. The standard InChI is InChI=1S/C22H30Cl2N4O3/c1-3-15(2)25-20(29)14-26-7-9-27(10-8-26)22(31)19-5-4-6-28(19)21(30)16-11-17(23)13-18(24)12-16/h11-13,15,19H,3-10,14H2,1-2H3,(H,25,29). The van der Waals surface area contributed by atoms with Crippen molar-refractivity contribution in [2.24, 2.45) is 0 Å². The van der Waals surface area contributed by atoms with Crippen LogP contribution in [0.2, 0.25) is 10.0 Å². The highest BCUT2D eigenvalue weighted by Crippen LogP contribution is 2.25. The van der Waals surface area contributed by atoms with E-state index in [0.29, 0.717) is 61.3 Å². The van der Waals surface area contributed by atoms with E-state index in [1.165, 1.54) is 0 Å². The van der Waals surface area contributed by atoms with Crippen LogP contribution in [0.1, 0.15) is 43.5 Å². The summed E-state index contributed by atoms with van der Waals surface area (Å²) in [7, 11) is 0. The van der Waals surface area contributed by atoms with Crippen molar-refractivity contribution in [1.29, 1.82) is 0 Å². The monoisotopic (exact) mass is 468 g/mol. The summed E-state index contributed by atoms with van der Waals surface area (Å²) in [4.78, 5) is 43.8. The second-order valence-corrected chi connectivity index (χ2v) is 9.17. The van der Waals surface area contributed by atoms with Crippen LogP contribution in [0.3, 0.4) is 0 Å². The molecule has 2 aliphatic heterocycles. The maximum absolute atomic E-state index is 13.2. The molecule has 2 unspecified atom stereocenters. The first-order valence-corrected chi connectivity index (χ1v) is 11.6. The summed E-state index contributed by atoms with van der Waals surface area (Å²) < 4.78 is 0. The van der Waals surface area contributed by atoms with Gasteiger partial charge in [0.15, 0.2) is 0 Å². The fraction of sp³-hybridized carbons (Fsp3) is 0.591. The molecule has 2 heterocycles. The molecule has 0 spiro atoms. The zero-order valence-corrected chi connectivity index (χ0v) is 19.6. The molecule has 7 nitrogen and oxygen atoms in total. The van der Waals surface area contributed by atoms with Crippen LogP contribution in [0.25, 0.3) is 0 Å². The van der Waals surface area contributed by atoms with E-state index in [4.69, 9.17) is 23.2 Å². The van der Waals surface area contributed by atoms with Gasteiger partial charge in [-0.25, -0.2) is 0 Å². The average Bonchev–Trinajstić information content (AvgIpc) is 3.22. The summed E-state index contributed by atoms with van der Waals surface area (Å²) in [6.45, 7) is 7.29. The Morgan fingerprint density at radius 3 is 2.32 bits per heavy atom. The maximum atomic E-state index is 13.2. The summed E-state index contributed by atoms with van der Waals surface area (Å²) in [5, 5.41) is 3.76. The Labute approximate surface area is 193 Å². The van der Waals surface area contributed by atoms with Gasteiger partial charge in [0.25, 0.3) is 5.91 Å². The largest absolute Gasteiger partial charge is 0.353 e. The lowest BCUT2D eigenvalue weighted by molar-refractivity contribution is -0.137. The van der Waals surface area contributed by atoms with Gasteiger partial charge < -0.3 is 15.1 Å². The fourth-order valence-corrected chi connectivity index (χ4v) is 4.60. The van der Waals surface area contributed by atoms with Crippen LogP contribution >= 0.6 is 23.2 Å². The van der Waals surface area contributed by atoms with Gasteiger partial charge in [-0.1, -0.05) is 30.1 Å². The van der Waals surface area contributed by atoms with Gasteiger partial charge in [0, 0.05) is 54.4 Å². The molecule has 2 aliphatic rings. The number of halogens is 2. The van der Waals surface area contributed by atoms with Gasteiger partial charge in [-0.15, -0.1) is 0 Å².